The predicted molar refractivity (Wildman–Crippen MR) is 91.1 cm³/mol. The first-order valence-electron chi connectivity index (χ1n) is 7.38. The summed E-state index contributed by atoms with van der Waals surface area (Å²) in [5.41, 5.74) is 6.59. The number of rotatable bonds is 2. The lowest BCUT2D eigenvalue weighted by molar-refractivity contribution is 1.10. The molecule has 3 aromatic heterocycles. The number of aromatic nitrogens is 5. The number of nitrogens with zero attached hydrogens (tertiary/aromatic N) is 5. The zero-order valence-corrected chi connectivity index (χ0v) is 13.0. The van der Waals surface area contributed by atoms with E-state index in [0.29, 0.717) is 0 Å². The highest BCUT2D eigenvalue weighted by molar-refractivity contribution is 5.83. The molecule has 0 aliphatic carbocycles. The fourth-order valence-corrected chi connectivity index (χ4v) is 2.79. The summed E-state index contributed by atoms with van der Waals surface area (Å²) in [7, 11) is 0. The van der Waals surface area contributed by atoms with Gasteiger partial charge in [0.15, 0.2) is 11.5 Å². The molecule has 1 aromatic carbocycles. The normalized spacial score (nSPS) is 11.2. The molecular formula is C18H15N5. The van der Waals surface area contributed by atoms with E-state index in [-0.39, 0.29) is 0 Å². The van der Waals surface area contributed by atoms with E-state index in [0.717, 1.165) is 44.9 Å². The van der Waals surface area contributed by atoms with Gasteiger partial charge in [0.25, 0.3) is 0 Å². The Kier molecular flexibility index (Phi) is 2.94. The van der Waals surface area contributed by atoms with Crippen LogP contribution in [0.4, 0.5) is 0 Å². The van der Waals surface area contributed by atoms with E-state index in [4.69, 9.17) is 0 Å². The van der Waals surface area contributed by atoms with Crippen molar-refractivity contribution in [3.05, 3.63) is 60.1 Å². The first kappa shape index (κ1) is 13.6. The van der Waals surface area contributed by atoms with Gasteiger partial charge in [0, 0.05) is 18.0 Å². The Morgan fingerprint density at radius 1 is 1.13 bits per heavy atom. The van der Waals surface area contributed by atoms with Crippen LogP contribution < -0.4 is 0 Å². The number of fused-ring (bicyclic) bond motifs is 3. The second kappa shape index (κ2) is 4.98. The van der Waals surface area contributed by atoms with Crippen molar-refractivity contribution in [1.82, 2.24) is 24.6 Å². The van der Waals surface area contributed by atoms with Gasteiger partial charge >= 0.3 is 0 Å². The molecule has 0 aliphatic rings. The summed E-state index contributed by atoms with van der Waals surface area (Å²) >= 11 is 0. The summed E-state index contributed by atoms with van der Waals surface area (Å²) < 4.78 is 2.05. The van der Waals surface area contributed by atoms with Crippen LogP contribution in [0.5, 0.6) is 0 Å². The molecular weight excluding hydrogens is 286 g/mol. The topological polar surface area (TPSA) is 56.0 Å². The van der Waals surface area contributed by atoms with Crippen molar-refractivity contribution in [3.63, 3.8) is 0 Å². The average Bonchev–Trinajstić information content (AvgIpc) is 3.01. The lowest BCUT2D eigenvalue weighted by Gasteiger charge is -2.08. The Balaban J connectivity index is 2.18. The lowest BCUT2D eigenvalue weighted by Crippen LogP contribution is -1.99. The van der Waals surface area contributed by atoms with Gasteiger partial charge in [-0.25, -0.2) is 4.98 Å². The van der Waals surface area contributed by atoms with Crippen molar-refractivity contribution in [3.8, 4) is 11.4 Å². The van der Waals surface area contributed by atoms with Gasteiger partial charge in [-0.2, -0.15) is 0 Å². The van der Waals surface area contributed by atoms with Crippen molar-refractivity contribution in [2.75, 3.05) is 0 Å². The first-order valence-corrected chi connectivity index (χ1v) is 7.38. The van der Waals surface area contributed by atoms with Gasteiger partial charge in [-0.3, -0.25) is 9.38 Å². The van der Waals surface area contributed by atoms with Gasteiger partial charge in [-0.15, -0.1) is 10.2 Å². The summed E-state index contributed by atoms with van der Waals surface area (Å²) in [5, 5.41) is 8.74. The molecule has 23 heavy (non-hydrogen) atoms. The zero-order chi connectivity index (χ0) is 16.0. The molecule has 0 amide bonds. The summed E-state index contributed by atoms with van der Waals surface area (Å²) in [6.07, 6.45) is 5.43. The third kappa shape index (κ3) is 2.01. The van der Waals surface area contributed by atoms with Crippen LogP contribution in [0.15, 0.2) is 43.2 Å². The summed E-state index contributed by atoms with van der Waals surface area (Å²) in [6, 6.07) is 8.04. The van der Waals surface area contributed by atoms with Gasteiger partial charge < -0.3 is 0 Å². The molecule has 4 rings (SSSR count). The van der Waals surface area contributed by atoms with E-state index < -0.39 is 0 Å². The third-order valence-electron chi connectivity index (χ3n) is 4.03. The summed E-state index contributed by atoms with van der Waals surface area (Å²) in [4.78, 5) is 8.87. The van der Waals surface area contributed by atoms with E-state index in [1.54, 1.807) is 6.20 Å². The highest BCUT2D eigenvalue weighted by atomic mass is 15.3. The number of hydrogen-bond acceptors (Lipinski definition) is 4. The monoisotopic (exact) mass is 301 g/mol. The number of pyridine rings is 1. The lowest BCUT2D eigenvalue weighted by atomic mass is 10.1. The molecule has 0 saturated heterocycles. The molecule has 112 valence electrons. The molecule has 0 N–H and O–H groups in total. The van der Waals surface area contributed by atoms with Crippen LogP contribution in [0.3, 0.4) is 0 Å². The van der Waals surface area contributed by atoms with E-state index in [9.17, 15) is 0 Å². The Morgan fingerprint density at radius 2 is 2.00 bits per heavy atom. The van der Waals surface area contributed by atoms with Gasteiger partial charge in [0.05, 0.1) is 16.7 Å². The fraction of sp³-hybridized carbons (Fsp3) is 0.111. The molecule has 3 heterocycles. The van der Waals surface area contributed by atoms with Gasteiger partial charge in [0.1, 0.15) is 0 Å². The van der Waals surface area contributed by atoms with Crippen molar-refractivity contribution >= 4 is 22.8 Å². The van der Waals surface area contributed by atoms with E-state index >= 15 is 0 Å². The molecule has 0 atom stereocenters. The summed E-state index contributed by atoms with van der Waals surface area (Å²) in [5.74, 6) is 0.780. The summed E-state index contributed by atoms with van der Waals surface area (Å²) in [6.45, 7) is 7.84. The van der Waals surface area contributed by atoms with E-state index in [1.807, 2.05) is 44.3 Å². The van der Waals surface area contributed by atoms with E-state index in [2.05, 4.69) is 37.2 Å². The van der Waals surface area contributed by atoms with Crippen LogP contribution in [-0.4, -0.2) is 24.6 Å². The maximum absolute atomic E-state index is 4.64. The van der Waals surface area contributed by atoms with Gasteiger partial charge in [0.2, 0.25) is 0 Å². The molecule has 0 bridgehead atoms. The Morgan fingerprint density at radius 3 is 2.78 bits per heavy atom. The zero-order valence-electron chi connectivity index (χ0n) is 13.0. The van der Waals surface area contributed by atoms with Gasteiger partial charge in [-0.05, 0) is 43.2 Å². The molecule has 5 nitrogen and oxygen atoms in total. The number of hydrogen-bond donors (Lipinski definition) is 0. The quantitative estimate of drug-likeness (QED) is 0.567. The number of aryl methyl sites for hydroxylation is 2. The maximum Gasteiger partial charge on any atom is 0.183 e. The molecule has 4 aromatic rings. The Hall–Kier alpha value is -3.08. The van der Waals surface area contributed by atoms with Crippen LogP contribution in [0, 0.1) is 13.8 Å². The third-order valence-corrected chi connectivity index (χ3v) is 4.03. The van der Waals surface area contributed by atoms with Crippen LogP contribution in [-0.2, 0) is 0 Å². The molecule has 5 heteroatoms. The van der Waals surface area contributed by atoms with Crippen LogP contribution in [0.25, 0.3) is 34.1 Å². The Bertz CT molecular complexity index is 1060. The average molecular weight is 301 g/mol. The molecule has 0 saturated carbocycles. The standard InChI is InChI=1S/C18H15N5/c1-4-13-5-6-15-16(9-13)23-17(12(3)20-15)21-22-18(23)14-10-19-8-7-11(14)2/h4-10H,1H2,2-3H3. The first-order chi connectivity index (χ1) is 11.2. The van der Waals surface area contributed by atoms with Crippen molar-refractivity contribution in [2.24, 2.45) is 0 Å². The molecule has 0 aliphatic heterocycles. The fourth-order valence-electron chi connectivity index (χ4n) is 2.79. The van der Waals surface area contributed by atoms with Gasteiger partial charge in [-0.1, -0.05) is 18.7 Å². The highest BCUT2D eigenvalue weighted by Crippen LogP contribution is 2.26. The second-order valence-electron chi connectivity index (χ2n) is 5.52. The predicted octanol–water partition coefficient (Wildman–Crippen LogP) is 3.60. The molecule has 0 radical (unpaired) electrons. The molecule has 0 spiro atoms. The minimum Gasteiger partial charge on any atom is -0.272 e. The second-order valence-corrected chi connectivity index (χ2v) is 5.52. The minimum atomic E-state index is 0.761. The minimum absolute atomic E-state index is 0.761. The highest BCUT2D eigenvalue weighted by Gasteiger charge is 2.16. The van der Waals surface area contributed by atoms with E-state index in [1.165, 1.54) is 0 Å². The Labute approximate surface area is 133 Å². The van der Waals surface area contributed by atoms with Crippen LogP contribution in [0.1, 0.15) is 16.8 Å². The van der Waals surface area contributed by atoms with Crippen molar-refractivity contribution in [1.29, 1.82) is 0 Å². The number of benzene rings is 1. The SMILES string of the molecule is C=Cc1ccc2nc(C)c3nnc(-c4cnccc4C)n3c2c1. The van der Waals surface area contributed by atoms with Crippen LogP contribution >= 0.6 is 0 Å². The largest absolute Gasteiger partial charge is 0.272 e. The van der Waals surface area contributed by atoms with Crippen molar-refractivity contribution in [2.45, 2.75) is 13.8 Å². The molecule has 0 fully saturated rings. The van der Waals surface area contributed by atoms with Crippen LogP contribution in [0.2, 0.25) is 0 Å². The van der Waals surface area contributed by atoms with Crippen molar-refractivity contribution < 1.29 is 0 Å². The smallest absolute Gasteiger partial charge is 0.183 e. The molecule has 0 unspecified atom stereocenters. The maximum atomic E-state index is 4.64.